The number of carbonyl (C=O) groups is 2. The molecule has 2 atom stereocenters. The molecule has 208 valence electrons. The van der Waals surface area contributed by atoms with E-state index in [1.165, 1.54) is 12.1 Å². The van der Waals surface area contributed by atoms with Crippen molar-refractivity contribution < 1.29 is 18.7 Å². The molecule has 2 aromatic carbocycles. The number of halogens is 1. The number of hydrogen-bond donors (Lipinski definition) is 0. The molecular formula is C32H30FN5O3. The van der Waals surface area contributed by atoms with Crippen LogP contribution in [0.5, 0.6) is 5.75 Å². The number of ether oxygens (including phenoxy) is 1. The quantitative estimate of drug-likeness (QED) is 0.293. The third kappa shape index (κ3) is 4.99. The number of rotatable bonds is 7. The molecule has 0 saturated carbocycles. The summed E-state index contributed by atoms with van der Waals surface area (Å²) in [6.45, 7) is 6.74. The largest absolute Gasteiger partial charge is 0.489 e. The summed E-state index contributed by atoms with van der Waals surface area (Å²) >= 11 is 0. The molecular weight excluding hydrogens is 521 g/mol. The number of hydrogen-bond acceptors (Lipinski definition) is 5. The number of fused-ring (bicyclic) bond motifs is 1. The summed E-state index contributed by atoms with van der Waals surface area (Å²) in [4.78, 5) is 32.1. The smallest absolute Gasteiger partial charge is 0.254 e. The summed E-state index contributed by atoms with van der Waals surface area (Å²) in [6, 6.07) is 14.1. The zero-order valence-corrected chi connectivity index (χ0v) is 23.0. The fourth-order valence-electron chi connectivity index (χ4n) is 5.68. The Bertz CT molecular complexity index is 1650. The highest BCUT2D eigenvalue weighted by Crippen LogP contribution is 2.36. The van der Waals surface area contributed by atoms with Gasteiger partial charge in [0.15, 0.2) is 0 Å². The van der Waals surface area contributed by atoms with Crippen LogP contribution in [0.2, 0.25) is 0 Å². The minimum absolute atomic E-state index is 0.00257. The summed E-state index contributed by atoms with van der Waals surface area (Å²) in [6.07, 6.45) is 7.56. The van der Waals surface area contributed by atoms with Crippen LogP contribution in [0.25, 0.3) is 22.4 Å². The molecule has 8 nitrogen and oxygen atoms in total. The highest BCUT2D eigenvalue weighted by atomic mass is 19.1. The van der Waals surface area contributed by atoms with Crippen molar-refractivity contribution in [1.82, 2.24) is 24.6 Å². The molecule has 2 amide bonds. The van der Waals surface area contributed by atoms with E-state index in [0.717, 1.165) is 28.7 Å². The average molecular weight is 552 g/mol. The lowest BCUT2D eigenvalue weighted by molar-refractivity contribution is -0.126. The molecule has 0 radical (unpaired) electrons. The minimum atomic E-state index is -0.377. The lowest BCUT2D eigenvalue weighted by Gasteiger charge is -2.18. The van der Waals surface area contributed by atoms with E-state index in [9.17, 15) is 14.0 Å². The normalized spacial score (nSPS) is 18.1. The van der Waals surface area contributed by atoms with Gasteiger partial charge in [-0.1, -0.05) is 6.58 Å². The second kappa shape index (κ2) is 10.6. The van der Waals surface area contributed by atoms with E-state index < -0.39 is 0 Å². The van der Waals surface area contributed by atoms with Crippen LogP contribution in [-0.2, 0) is 17.9 Å². The molecule has 0 N–H and O–H groups in total. The third-order valence-electron chi connectivity index (χ3n) is 7.88. The van der Waals surface area contributed by atoms with E-state index in [1.807, 2.05) is 40.9 Å². The Labute approximate surface area is 237 Å². The van der Waals surface area contributed by atoms with Crippen LogP contribution in [0.3, 0.4) is 0 Å². The van der Waals surface area contributed by atoms with E-state index >= 15 is 0 Å². The maximum absolute atomic E-state index is 15.0. The number of benzene rings is 2. The first-order chi connectivity index (χ1) is 19.8. The highest BCUT2D eigenvalue weighted by Gasteiger charge is 2.33. The fraction of sp³-hybridized carbons (Fsp3) is 0.250. The van der Waals surface area contributed by atoms with Crippen LogP contribution < -0.4 is 4.74 Å². The van der Waals surface area contributed by atoms with Crippen molar-refractivity contribution in [2.75, 3.05) is 13.6 Å². The zero-order chi connectivity index (χ0) is 28.7. The maximum atomic E-state index is 15.0. The third-order valence-corrected chi connectivity index (χ3v) is 7.88. The molecule has 6 rings (SSSR count). The molecule has 41 heavy (non-hydrogen) atoms. The second-order valence-corrected chi connectivity index (χ2v) is 10.6. The first-order valence-corrected chi connectivity index (χ1v) is 13.5. The Morgan fingerprint density at radius 1 is 1.12 bits per heavy atom. The number of amides is 2. The Morgan fingerprint density at radius 2 is 1.93 bits per heavy atom. The highest BCUT2D eigenvalue weighted by molar-refractivity contribution is 5.98. The molecule has 0 bridgehead atoms. The van der Waals surface area contributed by atoms with Gasteiger partial charge < -0.3 is 14.5 Å². The van der Waals surface area contributed by atoms with Crippen LogP contribution in [0.15, 0.2) is 79.8 Å². The van der Waals surface area contributed by atoms with Crippen molar-refractivity contribution in [3.63, 3.8) is 0 Å². The SMILES string of the molecule is C=CC(=O)N1C[C@@H](n2cc(-c3ccncc3)c(-c3ccc(F)c(COc4ccc5c(c4)CN(C)C5=O)c3)n2)C[C@H]1C. The van der Waals surface area contributed by atoms with Crippen molar-refractivity contribution in [3.05, 3.63) is 102 Å². The zero-order valence-electron chi connectivity index (χ0n) is 23.0. The van der Waals surface area contributed by atoms with Gasteiger partial charge in [-0.15, -0.1) is 0 Å². The monoisotopic (exact) mass is 551 g/mol. The van der Waals surface area contributed by atoms with Crippen LogP contribution in [-0.4, -0.2) is 56.0 Å². The topological polar surface area (TPSA) is 80.6 Å². The molecule has 0 aliphatic carbocycles. The van der Waals surface area contributed by atoms with Crippen LogP contribution >= 0.6 is 0 Å². The van der Waals surface area contributed by atoms with E-state index in [1.54, 1.807) is 48.6 Å². The number of carbonyl (C=O) groups excluding carboxylic acids is 2. The van der Waals surface area contributed by atoms with Gasteiger partial charge >= 0.3 is 0 Å². The van der Waals surface area contributed by atoms with E-state index in [-0.39, 0.29) is 36.3 Å². The molecule has 1 fully saturated rings. The first kappa shape index (κ1) is 26.4. The van der Waals surface area contributed by atoms with Gasteiger partial charge in [-0.3, -0.25) is 19.3 Å². The molecule has 4 aromatic rings. The molecule has 2 aliphatic rings. The van der Waals surface area contributed by atoms with Crippen LogP contribution in [0.4, 0.5) is 4.39 Å². The van der Waals surface area contributed by atoms with E-state index in [2.05, 4.69) is 11.6 Å². The summed E-state index contributed by atoms with van der Waals surface area (Å²) in [7, 11) is 1.76. The van der Waals surface area contributed by atoms with Crippen molar-refractivity contribution in [2.24, 2.45) is 0 Å². The molecule has 2 aliphatic heterocycles. The van der Waals surface area contributed by atoms with Gasteiger partial charge in [0.25, 0.3) is 5.91 Å². The van der Waals surface area contributed by atoms with Crippen molar-refractivity contribution in [3.8, 4) is 28.1 Å². The van der Waals surface area contributed by atoms with Gasteiger partial charge in [0.2, 0.25) is 5.91 Å². The second-order valence-electron chi connectivity index (χ2n) is 10.6. The lowest BCUT2D eigenvalue weighted by atomic mass is 10.0. The first-order valence-electron chi connectivity index (χ1n) is 13.5. The Hall–Kier alpha value is -4.79. The number of nitrogens with zero attached hydrogens (tertiary/aromatic N) is 5. The summed E-state index contributed by atoms with van der Waals surface area (Å²) in [5, 5.41) is 4.97. The van der Waals surface area contributed by atoms with E-state index in [4.69, 9.17) is 9.84 Å². The number of aromatic nitrogens is 3. The molecule has 0 spiro atoms. The summed E-state index contributed by atoms with van der Waals surface area (Å²) in [5.74, 6) is 0.0963. The van der Waals surface area contributed by atoms with Crippen molar-refractivity contribution in [2.45, 2.75) is 38.6 Å². The predicted octanol–water partition coefficient (Wildman–Crippen LogP) is 5.26. The van der Waals surface area contributed by atoms with Gasteiger partial charge in [-0.2, -0.15) is 5.10 Å². The van der Waals surface area contributed by atoms with Gasteiger partial charge in [0.1, 0.15) is 23.9 Å². The van der Waals surface area contributed by atoms with Gasteiger partial charge in [0.05, 0.1) is 6.04 Å². The molecule has 1 saturated heterocycles. The Kier molecular flexibility index (Phi) is 6.86. The predicted molar refractivity (Wildman–Crippen MR) is 152 cm³/mol. The van der Waals surface area contributed by atoms with E-state index in [0.29, 0.717) is 35.7 Å². The fourth-order valence-corrected chi connectivity index (χ4v) is 5.68. The lowest BCUT2D eigenvalue weighted by Crippen LogP contribution is -2.32. The van der Waals surface area contributed by atoms with Crippen molar-refractivity contribution >= 4 is 11.8 Å². The molecule has 9 heteroatoms. The molecule has 2 aromatic heterocycles. The minimum Gasteiger partial charge on any atom is -0.489 e. The molecule has 0 unspecified atom stereocenters. The average Bonchev–Trinajstić information content (AvgIpc) is 3.68. The van der Waals surface area contributed by atoms with Crippen LogP contribution in [0.1, 0.15) is 40.9 Å². The van der Waals surface area contributed by atoms with Gasteiger partial charge in [-0.25, -0.2) is 4.39 Å². The number of pyridine rings is 1. The summed E-state index contributed by atoms with van der Waals surface area (Å²) in [5.41, 5.74) is 5.24. The van der Waals surface area contributed by atoms with Crippen LogP contribution in [0, 0.1) is 5.82 Å². The van der Waals surface area contributed by atoms with Gasteiger partial charge in [0, 0.05) is 67.0 Å². The standard InChI is InChI=1S/C32H30FN5O3/c1-4-30(39)37-17-25(13-20(37)2)38-18-28(21-9-11-34-12-10-21)31(35-38)22-5-8-29(33)24(14-22)19-41-26-6-7-27-23(15-26)16-36(3)32(27)40/h4-12,14-15,18,20,25H,1,13,16-17,19H2,2-3H3/t20-,25+/m1/s1. The molecule has 4 heterocycles. The maximum Gasteiger partial charge on any atom is 0.254 e. The Morgan fingerprint density at radius 3 is 2.71 bits per heavy atom. The van der Waals surface area contributed by atoms with Crippen molar-refractivity contribution in [1.29, 1.82) is 0 Å². The summed E-state index contributed by atoms with van der Waals surface area (Å²) < 4.78 is 22.9. The van der Waals surface area contributed by atoms with Gasteiger partial charge in [-0.05, 0) is 79.1 Å². The Balaban J connectivity index is 1.30. The number of likely N-dealkylation sites (tertiary alicyclic amines) is 1.